The molecular weight excluding hydrogens is 533 g/mol. The molecule has 0 saturated carbocycles. The number of hydrogen-bond acceptors (Lipinski definition) is 3. The molecule has 0 amide bonds. The maximum Gasteiger partial charge on any atom is 0.144 e. The number of hydrogen-bond donors (Lipinski definition) is 0. The molecule has 41 heavy (non-hydrogen) atoms. The first-order chi connectivity index (χ1) is 19.6. The van der Waals surface area contributed by atoms with Crippen molar-refractivity contribution in [3.05, 3.63) is 97.3 Å². The van der Waals surface area contributed by atoms with Gasteiger partial charge in [0, 0.05) is 45.1 Å². The monoisotopic (exact) mass is 566 g/mol. The van der Waals surface area contributed by atoms with Gasteiger partial charge in [0.15, 0.2) is 0 Å². The van der Waals surface area contributed by atoms with E-state index in [2.05, 4.69) is 124 Å². The second-order valence-corrected chi connectivity index (χ2v) is 23.4. The second kappa shape index (κ2) is 9.23. The van der Waals surface area contributed by atoms with E-state index in [1.165, 1.54) is 21.1 Å². The van der Waals surface area contributed by atoms with Gasteiger partial charge in [0.05, 0.1) is 27.5 Å². The number of furan rings is 1. The predicted octanol–water partition coefficient (Wildman–Crippen LogP) is 9.11. The van der Waals surface area contributed by atoms with Gasteiger partial charge in [0.25, 0.3) is 0 Å². The quantitative estimate of drug-likeness (QED) is 0.199. The highest BCUT2D eigenvalue weighted by Crippen LogP contribution is 2.39. The normalized spacial score (nSPS) is 12.6. The minimum Gasteiger partial charge on any atom is -0.455 e. The lowest BCUT2D eigenvalue weighted by molar-refractivity contribution is 0.670. The molecule has 0 bridgehead atoms. The molecule has 202 valence electrons. The number of benzene rings is 4. The standard InChI is InChI=1S/C36H34N2OSi2/c1-40(2,3)27-15-13-23-21-37-33(19-25(23)17-27)31-11-7-9-29-30-10-8-12-32(36(30)39-35(29)31)34-20-26-18-28(41(4,5)6)16-14-24(26)22-38-34/h7-22H,1-6H3. The van der Waals surface area contributed by atoms with E-state index in [1.807, 2.05) is 12.4 Å². The molecule has 0 aliphatic rings. The van der Waals surface area contributed by atoms with Crippen molar-refractivity contribution in [1.29, 1.82) is 0 Å². The summed E-state index contributed by atoms with van der Waals surface area (Å²) < 4.78 is 6.74. The fraction of sp³-hybridized carbons (Fsp3) is 0.167. The van der Waals surface area contributed by atoms with E-state index in [0.29, 0.717) is 0 Å². The first-order valence-electron chi connectivity index (χ1n) is 14.3. The van der Waals surface area contributed by atoms with Crippen molar-refractivity contribution < 1.29 is 4.42 Å². The second-order valence-electron chi connectivity index (χ2n) is 13.2. The van der Waals surface area contributed by atoms with E-state index in [9.17, 15) is 0 Å². The summed E-state index contributed by atoms with van der Waals surface area (Å²) in [6, 6.07) is 30.8. The van der Waals surface area contributed by atoms with Crippen LogP contribution in [0.1, 0.15) is 0 Å². The van der Waals surface area contributed by atoms with Crippen molar-refractivity contribution in [3.8, 4) is 22.5 Å². The molecule has 0 spiro atoms. The molecule has 7 rings (SSSR count). The molecule has 5 heteroatoms. The van der Waals surface area contributed by atoms with Crippen LogP contribution in [0.15, 0.2) is 102 Å². The van der Waals surface area contributed by atoms with Crippen molar-refractivity contribution in [2.75, 3.05) is 0 Å². The van der Waals surface area contributed by atoms with E-state index in [-0.39, 0.29) is 0 Å². The summed E-state index contributed by atoms with van der Waals surface area (Å²) in [4.78, 5) is 9.75. The number of aromatic nitrogens is 2. The van der Waals surface area contributed by atoms with Gasteiger partial charge in [0.2, 0.25) is 0 Å². The van der Waals surface area contributed by atoms with Crippen LogP contribution < -0.4 is 10.4 Å². The topological polar surface area (TPSA) is 38.9 Å². The zero-order chi connectivity index (χ0) is 28.5. The maximum absolute atomic E-state index is 6.74. The Hall–Kier alpha value is -4.07. The Labute approximate surface area is 242 Å². The van der Waals surface area contributed by atoms with Crippen molar-refractivity contribution >= 4 is 70.0 Å². The van der Waals surface area contributed by atoms with Crippen LogP contribution in [-0.4, -0.2) is 26.1 Å². The van der Waals surface area contributed by atoms with Gasteiger partial charge < -0.3 is 4.42 Å². The Morgan fingerprint density at radius 1 is 0.488 bits per heavy atom. The Morgan fingerprint density at radius 2 is 0.927 bits per heavy atom. The lowest BCUT2D eigenvalue weighted by Crippen LogP contribution is -2.37. The van der Waals surface area contributed by atoms with E-state index in [0.717, 1.165) is 55.2 Å². The van der Waals surface area contributed by atoms with Crippen molar-refractivity contribution in [2.24, 2.45) is 0 Å². The third-order valence-electron chi connectivity index (χ3n) is 8.25. The molecule has 0 N–H and O–H groups in total. The third kappa shape index (κ3) is 4.50. The average Bonchev–Trinajstić information content (AvgIpc) is 3.34. The largest absolute Gasteiger partial charge is 0.455 e. The SMILES string of the molecule is C[Si](C)(C)c1ccc2cnc(-c3cccc4c3oc3c(-c5cc6cc([Si](C)(C)C)ccc6cn5)cccc34)cc2c1. The molecule has 7 aromatic rings. The Bertz CT molecular complexity index is 1980. The van der Waals surface area contributed by atoms with Crippen LogP contribution in [0.2, 0.25) is 39.3 Å². The van der Waals surface area contributed by atoms with E-state index in [4.69, 9.17) is 14.4 Å². The highest BCUT2D eigenvalue weighted by Gasteiger charge is 2.20. The van der Waals surface area contributed by atoms with Crippen LogP contribution in [0.25, 0.3) is 66.0 Å². The lowest BCUT2D eigenvalue weighted by Gasteiger charge is -2.17. The van der Waals surface area contributed by atoms with Gasteiger partial charge in [-0.3, -0.25) is 9.97 Å². The molecule has 0 radical (unpaired) electrons. The molecule has 0 aliphatic carbocycles. The number of pyridine rings is 2. The summed E-state index contributed by atoms with van der Waals surface area (Å²) >= 11 is 0. The molecule has 0 atom stereocenters. The van der Waals surface area contributed by atoms with E-state index in [1.54, 1.807) is 0 Å². The predicted molar refractivity (Wildman–Crippen MR) is 181 cm³/mol. The number of rotatable bonds is 4. The zero-order valence-electron chi connectivity index (χ0n) is 24.5. The summed E-state index contributed by atoms with van der Waals surface area (Å²) in [5.41, 5.74) is 5.61. The first-order valence-corrected chi connectivity index (χ1v) is 21.3. The smallest absolute Gasteiger partial charge is 0.144 e. The Balaban J connectivity index is 1.40. The van der Waals surface area contributed by atoms with Crippen molar-refractivity contribution in [1.82, 2.24) is 9.97 Å². The summed E-state index contributed by atoms with van der Waals surface area (Å²) in [5.74, 6) is 0. The molecule has 4 aromatic carbocycles. The van der Waals surface area contributed by atoms with Gasteiger partial charge >= 0.3 is 0 Å². The van der Waals surface area contributed by atoms with Crippen LogP contribution in [0.3, 0.4) is 0 Å². The fourth-order valence-electron chi connectivity index (χ4n) is 5.73. The Morgan fingerprint density at radius 3 is 1.34 bits per heavy atom. The van der Waals surface area contributed by atoms with Gasteiger partial charge in [-0.25, -0.2) is 0 Å². The molecule has 3 aromatic heterocycles. The highest BCUT2D eigenvalue weighted by molar-refractivity contribution is 6.89. The van der Waals surface area contributed by atoms with Crippen LogP contribution in [0, 0.1) is 0 Å². The summed E-state index contributed by atoms with van der Waals surface area (Å²) in [5, 5.41) is 9.87. The van der Waals surface area contributed by atoms with Gasteiger partial charge in [-0.15, -0.1) is 0 Å². The number of fused-ring (bicyclic) bond motifs is 5. The molecule has 0 aliphatic heterocycles. The van der Waals surface area contributed by atoms with Crippen molar-refractivity contribution in [3.63, 3.8) is 0 Å². The van der Waals surface area contributed by atoms with Gasteiger partial charge in [0.1, 0.15) is 11.2 Å². The molecule has 0 saturated heterocycles. The van der Waals surface area contributed by atoms with Gasteiger partial charge in [-0.2, -0.15) is 0 Å². The Kier molecular flexibility index (Phi) is 5.82. The third-order valence-corrected chi connectivity index (χ3v) is 12.3. The van der Waals surface area contributed by atoms with E-state index < -0.39 is 16.1 Å². The minimum absolute atomic E-state index is 0.866. The van der Waals surface area contributed by atoms with Crippen LogP contribution in [0.4, 0.5) is 0 Å². The molecule has 0 unspecified atom stereocenters. The lowest BCUT2D eigenvalue weighted by atomic mass is 10.0. The van der Waals surface area contributed by atoms with E-state index >= 15 is 0 Å². The van der Waals surface area contributed by atoms with Gasteiger partial charge in [-0.05, 0) is 35.0 Å². The first kappa shape index (κ1) is 25.9. The average molecular weight is 567 g/mol. The number of nitrogens with zero attached hydrogens (tertiary/aromatic N) is 2. The fourth-order valence-corrected chi connectivity index (χ4v) is 8.08. The highest BCUT2D eigenvalue weighted by atomic mass is 28.3. The maximum atomic E-state index is 6.74. The summed E-state index contributed by atoms with van der Waals surface area (Å²) in [6.45, 7) is 14.3. The zero-order valence-corrected chi connectivity index (χ0v) is 26.5. The molecule has 0 fully saturated rings. The number of para-hydroxylation sites is 2. The molecule has 3 nitrogen and oxygen atoms in total. The molecule has 3 heterocycles. The summed E-state index contributed by atoms with van der Waals surface area (Å²) in [6.07, 6.45) is 3.97. The van der Waals surface area contributed by atoms with Crippen LogP contribution in [-0.2, 0) is 0 Å². The minimum atomic E-state index is -1.42. The summed E-state index contributed by atoms with van der Waals surface area (Å²) in [7, 11) is -2.85. The molecular formula is C36H34N2OSi2. The van der Waals surface area contributed by atoms with Gasteiger partial charge in [-0.1, -0.05) is 110 Å². The van der Waals surface area contributed by atoms with Crippen LogP contribution >= 0.6 is 0 Å². The van der Waals surface area contributed by atoms with Crippen LogP contribution in [0.5, 0.6) is 0 Å². The van der Waals surface area contributed by atoms with Crippen molar-refractivity contribution in [2.45, 2.75) is 39.3 Å².